The molecule has 0 bridgehead atoms. The number of carbonyl (C=O) groups excluding carboxylic acids is 2. The molecule has 1 aromatic rings. The van der Waals surface area contributed by atoms with Crippen LogP contribution in [0.4, 0.5) is 5.69 Å². The van der Waals surface area contributed by atoms with E-state index >= 15 is 0 Å². The average Bonchev–Trinajstić information content (AvgIpc) is 2.84. The van der Waals surface area contributed by atoms with E-state index in [0.717, 1.165) is 4.88 Å². The van der Waals surface area contributed by atoms with Gasteiger partial charge in [0.1, 0.15) is 11.4 Å². The van der Waals surface area contributed by atoms with Crippen LogP contribution >= 0.6 is 11.3 Å². The number of anilines is 1. The normalized spacial score (nSPS) is 10.7. The predicted octanol–water partition coefficient (Wildman–Crippen LogP) is 3.30. The Morgan fingerprint density at radius 1 is 1.35 bits per heavy atom. The predicted molar refractivity (Wildman–Crippen MR) is 91.7 cm³/mol. The molecule has 126 valence electrons. The molecule has 1 N–H and O–H groups in total. The third kappa shape index (κ3) is 6.74. The van der Waals surface area contributed by atoms with Crippen molar-refractivity contribution >= 4 is 29.0 Å². The maximum Gasteiger partial charge on any atom is 0.350 e. The summed E-state index contributed by atoms with van der Waals surface area (Å²) in [7, 11) is 1.32. The van der Waals surface area contributed by atoms with Gasteiger partial charge in [0.2, 0.25) is 0 Å². The molecule has 1 heterocycles. The molecule has 0 aromatic carbocycles. The summed E-state index contributed by atoms with van der Waals surface area (Å²) in [5, 5.41) is 2.92. The van der Waals surface area contributed by atoms with Gasteiger partial charge in [0.15, 0.2) is 0 Å². The second kappa shape index (κ2) is 8.02. The standard InChI is InChI=1S/C17H23NO4S/c1-11(2)22-14(19)10-18-13-9-12(7-8-17(3,4)5)23-15(13)16(20)21-6/h9,11,18H,10H2,1-6H3. The number of carbonyl (C=O) groups is 2. The van der Waals surface area contributed by atoms with Gasteiger partial charge in [0, 0.05) is 5.41 Å². The zero-order chi connectivity index (χ0) is 17.6. The monoisotopic (exact) mass is 337 g/mol. The van der Waals surface area contributed by atoms with Gasteiger partial charge in [-0.3, -0.25) is 4.79 Å². The molecule has 0 aliphatic carbocycles. The van der Waals surface area contributed by atoms with Crippen LogP contribution < -0.4 is 5.32 Å². The summed E-state index contributed by atoms with van der Waals surface area (Å²) < 4.78 is 9.83. The van der Waals surface area contributed by atoms with Gasteiger partial charge in [0.25, 0.3) is 0 Å². The molecule has 0 atom stereocenters. The summed E-state index contributed by atoms with van der Waals surface area (Å²) in [6, 6.07) is 1.75. The third-order valence-corrected chi connectivity index (χ3v) is 3.48. The van der Waals surface area contributed by atoms with Crippen molar-refractivity contribution in [3.8, 4) is 11.8 Å². The number of hydrogen-bond acceptors (Lipinski definition) is 6. The van der Waals surface area contributed by atoms with E-state index in [0.29, 0.717) is 10.6 Å². The number of esters is 2. The molecule has 0 spiro atoms. The Bertz CT molecular complexity index is 629. The second-order valence-corrected chi connectivity index (χ2v) is 7.29. The van der Waals surface area contributed by atoms with E-state index in [1.165, 1.54) is 18.4 Å². The largest absolute Gasteiger partial charge is 0.465 e. The molecule has 0 fully saturated rings. The van der Waals surface area contributed by atoms with Crippen molar-refractivity contribution in [1.82, 2.24) is 0 Å². The van der Waals surface area contributed by atoms with Crippen LogP contribution in [-0.4, -0.2) is 31.7 Å². The maximum atomic E-state index is 11.9. The molecular weight excluding hydrogens is 314 g/mol. The van der Waals surface area contributed by atoms with E-state index in [9.17, 15) is 9.59 Å². The van der Waals surface area contributed by atoms with E-state index in [1.54, 1.807) is 19.9 Å². The number of methoxy groups -OCH3 is 1. The molecule has 0 unspecified atom stereocenters. The Hall–Kier alpha value is -2.00. The highest BCUT2D eigenvalue weighted by atomic mass is 32.1. The molecule has 5 nitrogen and oxygen atoms in total. The van der Waals surface area contributed by atoms with Crippen molar-refractivity contribution in [2.75, 3.05) is 19.0 Å². The van der Waals surface area contributed by atoms with Crippen LogP contribution in [0.3, 0.4) is 0 Å². The van der Waals surface area contributed by atoms with Gasteiger partial charge in [-0.05, 0) is 40.7 Å². The Balaban J connectivity index is 2.95. The SMILES string of the molecule is COC(=O)c1sc(C#CC(C)(C)C)cc1NCC(=O)OC(C)C. The van der Waals surface area contributed by atoms with Crippen molar-refractivity contribution in [3.05, 3.63) is 15.8 Å². The first-order valence-electron chi connectivity index (χ1n) is 7.31. The van der Waals surface area contributed by atoms with E-state index in [4.69, 9.17) is 9.47 Å². The van der Waals surface area contributed by atoms with E-state index < -0.39 is 5.97 Å². The molecule has 1 aromatic heterocycles. The fourth-order valence-electron chi connectivity index (χ4n) is 1.55. The Morgan fingerprint density at radius 2 is 2.00 bits per heavy atom. The summed E-state index contributed by atoms with van der Waals surface area (Å²) in [5.41, 5.74) is 0.394. The first kappa shape index (κ1) is 19.0. The first-order chi connectivity index (χ1) is 10.6. The maximum absolute atomic E-state index is 11.9. The lowest BCUT2D eigenvalue weighted by Gasteiger charge is -2.09. The summed E-state index contributed by atoms with van der Waals surface area (Å²) >= 11 is 1.24. The van der Waals surface area contributed by atoms with Crippen molar-refractivity contribution in [1.29, 1.82) is 0 Å². The highest BCUT2D eigenvalue weighted by molar-refractivity contribution is 7.15. The minimum Gasteiger partial charge on any atom is -0.465 e. The van der Waals surface area contributed by atoms with Gasteiger partial charge in [-0.2, -0.15) is 0 Å². The van der Waals surface area contributed by atoms with Crippen molar-refractivity contribution in [2.24, 2.45) is 5.41 Å². The summed E-state index contributed by atoms with van der Waals surface area (Å²) in [5.74, 6) is 5.32. The topological polar surface area (TPSA) is 64.6 Å². The summed E-state index contributed by atoms with van der Waals surface area (Å²) in [6.45, 7) is 9.57. The molecule has 0 radical (unpaired) electrons. The Kier molecular flexibility index (Phi) is 6.64. The van der Waals surface area contributed by atoms with Crippen LogP contribution in [0.15, 0.2) is 6.07 Å². The van der Waals surface area contributed by atoms with Crippen LogP contribution in [-0.2, 0) is 14.3 Å². The molecule has 6 heteroatoms. The van der Waals surface area contributed by atoms with Crippen LogP contribution in [0.1, 0.15) is 49.2 Å². The van der Waals surface area contributed by atoms with Gasteiger partial charge >= 0.3 is 11.9 Å². The van der Waals surface area contributed by atoms with Crippen LogP contribution in [0.25, 0.3) is 0 Å². The van der Waals surface area contributed by atoms with Gasteiger partial charge in [-0.25, -0.2) is 4.79 Å². The fraction of sp³-hybridized carbons (Fsp3) is 0.529. The zero-order valence-electron chi connectivity index (χ0n) is 14.4. The molecule has 0 aliphatic rings. The smallest absolute Gasteiger partial charge is 0.350 e. The molecular formula is C17H23NO4S. The third-order valence-electron chi connectivity index (χ3n) is 2.45. The number of rotatable bonds is 5. The molecule has 0 saturated heterocycles. The zero-order valence-corrected chi connectivity index (χ0v) is 15.2. The van der Waals surface area contributed by atoms with Crippen LogP contribution in [0, 0.1) is 17.3 Å². The van der Waals surface area contributed by atoms with E-state index in [1.807, 2.05) is 20.8 Å². The lowest BCUT2D eigenvalue weighted by Crippen LogP contribution is -2.20. The van der Waals surface area contributed by atoms with Gasteiger partial charge in [-0.1, -0.05) is 11.8 Å². The number of hydrogen-bond donors (Lipinski definition) is 1. The lowest BCUT2D eigenvalue weighted by atomic mass is 9.98. The summed E-state index contributed by atoms with van der Waals surface area (Å²) in [4.78, 5) is 24.6. The number of thiophene rings is 1. The van der Waals surface area contributed by atoms with Crippen molar-refractivity contribution in [2.45, 2.75) is 40.7 Å². The molecule has 23 heavy (non-hydrogen) atoms. The van der Waals surface area contributed by atoms with Crippen molar-refractivity contribution < 1.29 is 19.1 Å². The van der Waals surface area contributed by atoms with Gasteiger partial charge in [-0.15, -0.1) is 11.3 Å². The quantitative estimate of drug-likeness (QED) is 0.660. The number of ether oxygens (including phenoxy) is 2. The fourth-order valence-corrected chi connectivity index (χ4v) is 2.46. The minimum atomic E-state index is -0.460. The summed E-state index contributed by atoms with van der Waals surface area (Å²) in [6.07, 6.45) is -0.180. The molecule has 0 aliphatic heterocycles. The second-order valence-electron chi connectivity index (χ2n) is 6.24. The highest BCUT2D eigenvalue weighted by Gasteiger charge is 2.17. The Morgan fingerprint density at radius 3 is 2.52 bits per heavy atom. The molecule has 1 rings (SSSR count). The van der Waals surface area contributed by atoms with E-state index in [2.05, 4.69) is 17.2 Å². The molecule has 0 amide bonds. The molecule has 0 saturated carbocycles. The average molecular weight is 337 g/mol. The number of nitrogens with one attached hydrogen (secondary N) is 1. The minimum absolute atomic E-state index is 0.0228. The van der Waals surface area contributed by atoms with Gasteiger partial charge in [0.05, 0.1) is 23.8 Å². The van der Waals surface area contributed by atoms with Crippen LogP contribution in [0.5, 0.6) is 0 Å². The van der Waals surface area contributed by atoms with Crippen LogP contribution in [0.2, 0.25) is 0 Å². The van der Waals surface area contributed by atoms with Crippen molar-refractivity contribution in [3.63, 3.8) is 0 Å². The highest BCUT2D eigenvalue weighted by Crippen LogP contribution is 2.28. The first-order valence-corrected chi connectivity index (χ1v) is 8.12. The van der Waals surface area contributed by atoms with E-state index in [-0.39, 0.29) is 24.0 Å². The Labute approximate surface area is 141 Å². The lowest BCUT2D eigenvalue weighted by molar-refractivity contribution is -0.145. The van der Waals surface area contributed by atoms with Gasteiger partial charge < -0.3 is 14.8 Å².